The largest absolute Gasteiger partial charge is 0.493 e. The Bertz CT molecular complexity index is 597. The van der Waals surface area contributed by atoms with Crippen molar-refractivity contribution in [3.05, 3.63) is 17.7 Å². The number of ether oxygens (including phenoxy) is 3. The standard InChI is InChI=1S/C17H24N2O4/c1-21-13-5-4-12(14(22-2)15(13)23-3)16(20)19-9-7-17(11-19)6-8-18-10-17/h4-5,18H,6-11H2,1-3H3. The van der Waals surface area contributed by atoms with Crippen molar-refractivity contribution in [2.45, 2.75) is 12.8 Å². The van der Waals surface area contributed by atoms with Crippen molar-refractivity contribution >= 4 is 5.91 Å². The number of hydrogen-bond acceptors (Lipinski definition) is 5. The van der Waals surface area contributed by atoms with Crippen molar-refractivity contribution in [2.24, 2.45) is 5.41 Å². The molecule has 1 spiro atoms. The quantitative estimate of drug-likeness (QED) is 0.912. The second-order valence-corrected chi connectivity index (χ2v) is 6.29. The van der Waals surface area contributed by atoms with Crippen LogP contribution < -0.4 is 19.5 Å². The molecule has 126 valence electrons. The van der Waals surface area contributed by atoms with Gasteiger partial charge in [-0.05, 0) is 31.5 Å². The highest BCUT2D eigenvalue weighted by Crippen LogP contribution is 2.42. The zero-order chi connectivity index (χ0) is 16.4. The third-order valence-corrected chi connectivity index (χ3v) is 4.99. The minimum atomic E-state index is -0.00780. The molecule has 2 aliphatic heterocycles. The topological polar surface area (TPSA) is 60.0 Å². The van der Waals surface area contributed by atoms with Crippen LogP contribution in [0.1, 0.15) is 23.2 Å². The highest BCUT2D eigenvalue weighted by Gasteiger charge is 2.42. The minimum Gasteiger partial charge on any atom is -0.493 e. The van der Waals surface area contributed by atoms with Crippen LogP contribution in [0.4, 0.5) is 0 Å². The Hall–Kier alpha value is -1.95. The van der Waals surface area contributed by atoms with Crippen LogP contribution in [0.15, 0.2) is 12.1 Å². The fourth-order valence-corrected chi connectivity index (χ4v) is 3.69. The van der Waals surface area contributed by atoms with Gasteiger partial charge in [-0.3, -0.25) is 4.79 Å². The normalized spacial score (nSPS) is 23.3. The Kier molecular flexibility index (Phi) is 4.35. The van der Waals surface area contributed by atoms with Gasteiger partial charge in [-0.15, -0.1) is 0 Å². The molecule has 1 aromatic carbocycles. The van der Waals surface area contributed by atoms with Crippen molar-refractivity contribution in [3.8, 4) is 17.2 Å². The van der Waals surface area contributed by atoms with Crippen molar-refractivity contribution in [1.29, 1.82) is 0 Å². The number of likely N-dealkylation sites (tertiary alicyclic amines) is 1. The van der Waals surface area contributed by atoms with Crippen LogP contribution in [-0.2, 0) is 0 Å². The lowest BCUT2D eigenvalue weighted by molar-refractivity contribution is 0.0771. The molecule has 1 atom stereocenters. The van der Waals surface area contributed by atoms with E-state index in [4.69, 9.17) is 14.2 Å². The number of carbonyl (C=O) groups excluding carboxylic acids is 1. The molecular formula is C17H24N2O4. The molecule has 1 amide bonds. The second kappa shape index (κ2) is 6.28. The fraction of sp³-hybridized carbons (Fsp3) is 0.588. The minimum absolute atomic E-state index is 0.00780. The molecule has 1 aromatic rings. The Balaban J connectivity index is 1.88. The van der Waals surface area contributed by atoms with Crippen LogP contribution in [0.25, 0.3) is 0 Å². The third kappa shape index (κ3) is 2.72. The van der Waals surface area contributed by atoms with E-state index in [9.17, 15) is 4.79 Å². The van der Waals surface area contributed by atoms with E-state index in [1.54, 1.807) is 33.5 Å². The predicted octanol–water partition coefficient (Wildman–Crippen LogP) is 1.54. The van der Waals surface area contributed by atoms with E-state index in [2.05, 4.69) is 5.32 Å². The van der Waals surface area contributed by atoms with E-state index in [1.165, 1.54) is 0 Å². The van der Waals surface area contributed by atoms with Crippen LogP contribution in [-0.4, -0.2) is 58.3 Å². The van der Waals surface area contributed by atoms with Crippen molar-refractivity contribution in [2.75, 3.05) is 47.5 Å². The first kappa shape index (κ1) is 15.9. The van der Waals surface area contributed by atoms with Gasteiger partial charge in [-0.25, -0.2) is 0 Å². The zero-order valence-electron chi connectivity index (χ0n) is 14.0. The smallest absolute Gasteiger partial charge is 0.257 e. The molecule has 0 aromatic heterocycles. The molecule has 0 aliphatic carbocycles. The lowest BCUT2D eigenvalue weighted by Crippen LogP contribution is -2.33. The van der Waals surface area contributed by atoms with Crippen molar-refractivity contribution in [1.82, 2.24) is 10.2 Å². The molecule has 3 rings (SSSR count). The van der Waals surface area contributed by atoms with Gasteiger partial charge >= 0.3 is 0 Å². The van der Waals surface area contributed by atoms with Gasteiger partial charge in [0.15, 0.2) is 11.5 Å². The predicted molar refractivity (Wildman–Crippen MR) is 86.5 cm³/mol. The summed E-state index contributed by atoms with van der Waals surface area (Å²) in [6.45, 7) is 3.63. The molecule has 23 heavy (non-hydrogen) atoms. The summed E-state index contributed by atoms with van der Waals surface area (Å²) in [6.07, 6.45) is 2.20. The summed E-state index contributed by atoms with van der Waals surface area (Å²) in [4.78, 5) is 14.9. The van der Waals surface area contributed by atoms with E-state index in [-0.39, 0.29) is 11.3 Å². The molecule has 2 fully saturated rings. The van der Waals surface area contributed by atoms with Crippen LogP contribution in [0.5, 0.6) is 17.2 Å². The van der Waals surface area contributed by atoms with E-state index < -0.39 is 0 Å². The number of nitrogens with zero attached hydrogens (tertiary/aromatic N) is 1. The van der Waals surface area contributed by atoms with Gasteiger partial charge in [-0.2, -0.15) is 0 Å². The maximum atomic E-state index is 13.0. The summed E-state index contributed by atoms with van der Waals surface area (Å²) >= 11 is 0. The van der Waals surface area contributed by atoms with Gasteiger partial charge in [0.25, 0.3) is 5.91 Å². The average molecular weight is 320 g/mol. The number of methoxy groups -OCH3 is 3. The Morgan fingerprint density at radius 1 is 1.13 bits per heavy atom. The summed E-state index contributed by atoms with van der Waals surface area (Å²) in [5.74, 6) is 1.44. The number of nitrogens with one attached hydrogen (secondary N) is 1. The van der Waals surface area contributed by atoms with Crippen LogP contribution in [0.2, 0.25) is 0 Å². The number of amides is 1. The van der Waals surface area contributed by atoms with Gasteiger partial charge in [0.1, 0.15) is 0 Å². The fourth-order valence-electron chi connectivity index (χ4n) is 3.69. The molecule has 0 radical (unpaired) electrons. The van der Waals surface area contributed by atoms with E-state index in [0.29, 0.717) is 22.8 Å². The van der Waals surface area contributed by atoms with Crippen molar-refractivity contribution < 1.29 is 19.0 Å². The number of benzene rings is 1. The maximum Gasteiger partial charge on any atom is 0.257 e. The maximum absolute atomic E-state index is 13.0. The lowest BCUT2D eigenvalue weighted by atomic mass is 9.86. The summed E-state index contributed by atoms with van der Waals surface area (Å²) in [5, 5.41) is 3.41. The van der Waals surface area contributed by atoms with Gasteiger partial charge in [0.05, 0.1) is 26.9 Å². The Morgan fingerprint density at radius 2 is 1.91 bits per heavy atom. The SMILES string of the molecule is COc1ccc(C(=O)N2CCC3(CCNC3)C2)c(OC)c1OC. The summed E-state index contributed by atoms with van der Waals surface area (Å²) < 4.78 is 16.1. The van der Waals surface area contributed by atoms with Crippen LogP contribution in [0.3, 0.4) is 0 Å². The summed E-state index contributed by atoms with van der Waals surface area (Å²) in [7, 11) is 4.65. The third-order valence-electron chi connectivity index (χ3n) is 4.99. The van der Waals surface area contributed by atoms with Gasteiger partial charge in [-0.1, -0.05) is 0 Å². The second-order valence-electron chi connectivity index (χ2n) is 6.29. The molecule has 0 saturated carbocycles. The molecule has 6 nitrogen and oxygen atoms in total. The first-order valence-electron chi connectivity index (χ1n) is 7.93. The lowest BCUT2D eigenvalue weighted by Gasteiger charge is -2.24. The van der Waals surface area contributed by atoms with Gasteiger partial charge in [0.2, 0.25) is 5.75 Å². The summed E-state index contributed by atoms with van der Waals surface area (Å²) in [6, 6.07) is 3.50. The molecular weight excluding hydrogens is 296 g/mol. The molecule has 2 heterocycles. The zero-order valence-corrected chi connectivity index (χ0v) is 14.0. The molecule has 0 bridgehead atoms. The molecule has 6 heteroatoms. The van der Waals surface area contributed by atoms with E-state index in [0.717, 1.165) is 39.0 Å². The monoisotopic (exact) mass is 320 g/mol. The number of rotatable bonds is 4. The first-order chi connectivity index (χ1) is 11.1. The molecule has 1 unspecified atom stereocenters. The van der Waals surface area contributed by atoms with Crippen molar-refractivity contribution in [3.63, 3.8) is 0 Å². The average Bonchev–Trinajstić information content (AvgIpc) is 3.22. The van der Waals surface area contributed by atoms with Gasteiger partial charge < -0.3 is 24.4 Å². The van der Waals surface area contributed by atoms with Crippen LogP contribution in [0, 0.1) is 5.41 Å². The van der Waals surface area contributed by atoms with Gasteiger partial charge in [0, 0.05) is 25.0 Å². The highest BCUT2D eigenvalue weighted by atomic mass is 16.5. The first-order valence-corrected chi connectivity index (χ1v) is 7.93. The summed E-state index contributed by atoms with van der Waals surface area (Å²) in [5.41, 5.74) is 0.771. The Morgan fingerprint density at radius 3 is 2.52 bits per heavy atom. The molecule has 1 N–H and O–H groups in total. The van der Waals surface area contributed by atoms with E-state index in [1.807, 2.05) is 4.90 Å². The Labute approximate surface area is 136 Å². The van der Waals surface area contributed by atoms with Crippen LogP contribution >= 0.6 is 0 Å². The number of hydrogen-bond donors (Lipinski definition) is 1. The number of carbonyl (C=O) groups is 1. The highest BCUT2D eigenvalue weighted by molar-refractivity contribution is 5.98. The molecule has 2 saturated heterocycles. The molecule has 2 aliphatic rings. The van der Waals surface area contributed by atoms with E-state index >= 15 is 0 Å².